The molecule has 0 unspecified atom stereocenters. The van der Waals surface area contributed by atoms with Crippen LogP contribution in [0.25, 0.3) is 0 Å². The van der Waals surface area contributed by atoms with Crippen molar-refractivity contribution in [3.05, 3.63) is 25.3 Å². The van der Waals surface area contributed by atoms with Gasteiger partial charge in [-0.25, -0.2) is 9.59 Å². The van der Waals surface area contributed by atoms with Crippen molar-refractivity contribution in [2.45, 2.75) is 64.0 Å². The Kier molecular flexibility index (Phi) is 11.6. The number of carbonyl (C=O) groups is 2. The third-order valence-corrected chi connectivity index (χ3v) is 10.8. The fourth-order valence-electron chi connectivity index (χ4n) is 2.63. The Balaban J connectivity index is 4.28. The van der Waals surface area contributed by atoms with Gasteiger partial charge in [-0.05, 0) is 51.1 Å². The predicted molar refractivity (Wildman–Crippen MR) is 106 cm³/mol. The van der Waals surface area contributed by atoms with Crippen molar-refractivity contribution < 1.29 is 23.2 Å². The second kappa shape index (κ2) is 12.2. The minimum Gasteiger partial charge on any atom is -0.463 e. The van der Waals surface area contributed by atoms with Crippen LogP contribution in [0.4, 0.5) is 0 Å². The van der Waals surface area contributed by atoms with E-state index in [0.717, 1.165) is 37.8 Å². The molecule has 0 N–H and O–H groups in total. The lowest BCUT2D eigenvalue weighted by Gasteiger charge is -2.35. The molecule has 0 aliphatic carbocycles. The molecule has 25 heavy (non-hydrogen) atoms. The maximum atomic E-state index is 11.0. The highest BCUT2D eigenvalue weighted by molar-refractivity contribution is 6.84. The molecule has 0 saturated heterocycles. The van der Waals surface area contributed by atoms with Crippen molar-refractivity contribution in [1.82, 2.24) is 0 Å². The molecular weight excluding hydrogens is 352 g/mol. The average Bonchev–Trinajstić information content (AvgIpc) is 2.51. The van der Waals surface area contributed by atoms with Crippen molar-refractivity contribution in [3.8, 4) is 0 Å². The summed E-state index contributed by atoms with van der Waals surface area (Å²) in [6.45, 7) is 16.6. The van der Waals surface area contributed by atoms with Gasteiger partial charge in [0.2, 0.25) is 0 Å². The van der Waals surface area contributed by atoms with Crippen LogP contribution >= 0.6 is 0 Å². The number of unbranched alkanes of at least 4 members (excludes halogenated alkanes) is 2. The molecule has 0 bridgehead atoms. The summed E-state index contributed by atoms with van der Waals surface area (Å²) < 4.78 is 16.6. The van der Waals surface area contributed by atoms with Crippen LogP contribution in [0, 0.1) is 0 Å². The monoisotopic (exact) mass is 386 g/mol. The fourth-order valence-corrected chi connectivity index (χ4v) is 11.6. The molecule has 0 radical (unpaired) electrons. The lowest BCUT2D eigenvalue weighted by Crippen LogP contribution is -2.44. The highest BCUT2D eigenvalue weighted by Crippen LogP contribution is 2.27. The maximum Gasteiger partial charge on any atom is 0.330 e. The quantitative estimate of drug-likeness (QED) is 0.191. The van der Waals surface area contributed by atoms with Gasteiger partial charge in [-0.1, -0.05) is 26.0 Å². The van der Waals surface area contributed by atoms with Gasteiger partial charge in [0.1, 0.15) is 0 Å². The molecule has 0 amide bonds. The van der Waals surface area contributed by atoms with Crippen molar-refractivity contribution in [1.29, 1.82) is 0 Å². The van der Waals surface area contributed by atoms with Crippen molar-refractivity contribution in [3.63, 3.8) is 0 Å². The smallest absolute Gasteiger partial charge is 0.330 e. The second-order valence-corrected chi connectivity index (χ2v) is 16.3. The molecule has 7 heteroatoms. The summed E-state index contributed by atoms with van der Waals surface area (Å²) >= 11 is 0. The van der Waals surface area contributed by atoms with Crippen LogP contribution in [0.15, 0.2) is 25.3 Å². The number of hydrogen-bond donors (Lipinski definition) is 0. The van der Waals surface area contributed by atoms with Crippen LogP contribution in [0.5, 0.6) is 0 Å². The molecule has 0 saturated carbocycles. The van der Waals surface area contributed by atoms with Gasteiger partial charge < -0.3 is 13.6 Å². The fraction of sp³-hybridized carbons (Fsp3) is 0.667. The molecule has 0 aliphatic rings. The van der Waals surface area contributed by atoms with Gasteiger partial charge in [0, 0.05) is 12.2 Å². The summed E-state index contributed by atoms with van der Waals surface area (Å²) in [5.74, 6) is -0.736. The number of rotatable bonds is 14. The van der Waals surface area contributed by atoms with Crippen LogP contribution in [-0.4, -0.2) is 41.8 Å². The summed E-state index contributed by atoms with van der Waals surface area (Å²) in [5.41, 5.74) is 0. The minimum atomic E-state index is -1.82. The van der Waals surface area contributed by atoms with Gasteiger partial charge in [-0.15, -0.1) is 0 Å². The van der Waals surface area contributed by atoms with E-state index in [1.807, 2.05) is 0 Å². The lowest BCUT2D eigenvalue weighted by atomic mass is 10.3. The van der Waals surface area contributed by atoms with Gasteiger partial charge in [-0.3, -0.25) is 0 Å². The Morgan fingerprint density at radius 2 is 1.20 bits per heavy atom. The summed E-state index contributed by atoms with van der Waals surface area (Å²) in [6, 6.07) is 2.10. The first-order valence-corrected chi connectivity index (χ1v) is 15.1. The first kappa shape index (κ1) is 23.8. The van der Waals surface area contributed by atoms with Crippen LogP contribution in [0.1, 0.15) is 25.7 Å². The Morgan fingerprint density at radius 3 is 1.52 bits per heavy atom. The molecule has 0 aromatic rings. The Bertz CT molecular complexity index is 413. The van der Waals surface area contributed by atoms with E-state index < -0.39 is 16.6 Å². The molecule has 0 aromatic carbocycles. The molecule has 0 heterocycles. The van der Waals surface area contributed by atoms with Gasteiger partial charge in [0.05, 0.1) is 13.2 Å². The van der Waals surface area contributed by atoms with E-state index in [1.165, 1.54) is 12.2 Å². The Hall–Kier alpha value is -1.19. The lowest BCUT2D eigenvalue weighted by molar-refractivity contribution is -0.138. The van der Waals surface area contributed by atoms with Crippen molar-refractivity contribution in [2.75, 3.05) is 13.2 Å². The van der Waals surface area contributed by atoms with E-state index in [9.17, 15) is 9.59 Å². The van der Waals surface area contributed by atoms with E-state index in [1.54, 1.807) is 0 Å². The van der Waals surface area contributed by atoms with Gasteiger partial charge >= 0.3 is 11.9 Å². The van der Waals surface area contributed by atoms with E-state index in [0.29, 0.717) is 13.2 Å². The SMILES string of the molecule is C=CC(=O)OCCCC[Si](C)(CCCCOC(=O)C=C)O[Si](C)(C)C. The zero-order chi connectivity index (χ0) is 19.3. The van der Waals surface area contributed by atoms with E-state index in [2.05, 4.69) is 39.3 Å². The molecule has 0 rings (SSSR count). The summed E-state index contributed by atoms with van der Waals surface area (Å²) in [6.07, 6.45) is 6.03. The largest absolute Gasteiger partial charge is 0.463 e. The van der Waals surface area contributed by atoms with Crippen LogP contribution < -0.4 is 0 Å². The number of carbonyl (C=O) groups excluding carboxylic acids is 2. The maximum absolute atomic E-state index is 11.0. The third kappa shape index (κ3) is 13.7. The Morgan fingerprint density at radius 1 is 0.800 bits per heavy atom. The minimum absolute atomic E-state index is 0.368. The first-order valence-electron chi connectivity index (χ1n) is 8.90. The summed E-state index contributed by atoms with van der Waals surface area (Å²) in [4.78, 5) is 22.1. The van der Waals surface area contributed by atoms with E-state index >= 15 is 0 Å². The average molecular weight is 387 g/mol. The molecule has 5 nitrogen and oxygen atoms in total. The normalized spacial score (nSPS) is 11.7. The van der Waals surface area contributed by atoms with Crippen molar-refractivity contribution >= 4 is 28.6 Å². The second-order valence-electron chi connectivity index (χ2n) is 7.32. The van der Waals surface area contributed by atoms with Crippen LogP contribution in [-0.2, 0) is 23.2 Å². The standard InChI is InChI=1S/C18H34O5Si2/c1-7-17(19)21-13-9-11-15-25(6,23-24(3,4)5)16-12-10-14-22-18(20)8-2/h7-8H,1-2,9-16H2,3-6H3. The van der Waals surface area contributed by atoms with E-state index in [4.69, 9.17) is 13.6 Å². The predicted octanol–water partition coefficient (Wildman–Crippen LogP) is 4.43. The van der Waals surface area contributed by atoms with Crippen LogP contribution in [0.2, 0.25) is 38.3 Å². The zero-order valence-electron chi connectivity index (χ0n) is 16.3. The number of esters is 2. The summed E-state index contributed by atoms with van der Waals surface area (Å²) in [5, 5.41) is 0. The number of hydrogen-bond acceptors (Lipinski definition) is 5. The van der Waals surface area contributed by atoms with Crippen LogP contribution in [0.3, 0.4) is 0 Å². The topological polar surface area (TPSA) is 61.8 Å². The molecule has 144 valence electrons. The summed E-state index contributed by atoms with van der Waals surface area (Å²) in [7, 11) is -3.43. The van der Waals surface area contributed by atoms with Gasteiger partial charge in [0.25, 0.3) is 0 Å². The van der Waals surface area contributed by atoms with Gasteiger partial charge in [0.15, 0.2) is 16.6 Å². The first-order chi connectivity index (χ1) is 11.6. The van der Waals surface area contributed by atoms with E-state index in [-0.39, 0.29) is 11.9 Å². The van der Waals surface area contributed by atoms with Crippen molar-refractivity contribution in [2.24, 2.45) is 0 Å². The molecule has 0 aliphatic heterocycles. The molecular formula is C18H34O5Si2. The molecule has 0 spiro atoms. The third-order valence-electron chi connectivity index (χ3n) is 3.57. The number of ether oxygens (including phenoxy) is 2. The Labute approximate surface area is 154 Å². The molecule has 0 fully saturated rings. The molecule has 0 aromatic heterocycles. The zero-order valence-corrected chi connectivity index (χ0v) is 18.3. The molecule has 0 atom stereocenters. The van der Waals surface area contributed by atoms with Gasteiger partial charge in [-0.2, -0.15) is 0 Å². The highest BCUT2D eigenvalue weighted by Gasteiger charge is 2.33. The highest BCUT2D eigenvalue weighted by atomic mass is 28.4.